The van der Waals surface area contributed by atoms with Crippen molar-refractivity contribution in [3.63, 3.8) is 0 Å². The topological polar surface area (TPSA) is 44.8 Å². The molecule has 0 N–H and O–H groups in total. The first-order chi connectivity index (χ1) is 12.6. The highest BCUT2D eigenvalue weighted by Crippen LogP contribution is 2.50. The number of rotatable bonds is 7. The van der Waals surface area contributed by atoms with Gasteiger partial charge in [-0.25, -0.2) is 0 Å². The van der Waals surface area contributed by atoms with E-state index in [1.165, 1.54) is 0 Å². The van der Waals surface area contributed by atoms with Crippen LogP contribution >= 0.6 is 7.82 Å². The lowest BCUT2D eigenvalue weighted by Crippen LogP contribution is -2.08. The Morgan fingerprint density at radius 2 is 1.19 bits per heavy atom. The minimum atomic E-state index is -3.99. The number of phosphoric ester groups is 1. The predicted octanol–water partition coefficient (Wildman–Crippen LogP) is 6.36. The van der Waals surface area contributed by atoms with E-state index in [0.29, 0.717) is 17.2 Å². The molecule has 0 saturated heterocycles. The maximum absolute atomic E-state index is 13.4. The van der Waals surface area contributed by atoms with Crippen LogP contribution in [-0.4, -0.2) is 0 Å². The molecular weight excluding hydrogens is 347 g/mol. The lowest BCUT2D eigenvalue weighted by Gasteiger charge is -2.20. The summed E-state index contributed by atoms with van der Waals surface area (Å²) in [5.74, 6) is 1.16. The smallest absolute Gasteiger partial charge is 0.386 e. The van der Waals surface area contributed by atoms with Crippen molar-refractivity contribution in [2.24, 2.45) is 0 Å². The molecule has 4 nitrogen and oxygen atoms in total. The second kappa shape index (κ2) is 7.94. The van der Waals surface area contributed by atoms with Crippen LogP contribution in [0.4, 0.5) is 0 Å². The maximum Gasteiger partial charge on any atom is 0.647 e. The summed E-state index contributed by atoms with van der Waals surface area (Å²) in [5.41, 5.74) is 1.52. The molecular formula is C21H19O4P. The highest BCUT2D eigenvalue weighted by molar-refractivity contribution is 7.49. The second-order valence-corrected chi connectivity index (χ2v) is 7.07. The van der Waals surface area contributed by atoms with Gasteiger partial charge in [0.1, 0.15) is 17.2 Å². The lowest BCUT2D eigenvalue weighted by molar-refractivity contribution is 0.298. The van der Waals surface area contributed by atoms with Crippen molar-refractivity contribution in [1.29, 1.82) is 0 Å². The van der Waals surface area contributed by atoms with E-state index in [4.69, 9.17) is 13.6 Å². The van der Waals surface area contributed by atoms with Crippen molar-refractivity contribution in [2.45, 2.75) is 6.92 Å². The molecule has 0 spiro atoms. The van der Waals surface area contributed by atoms with Gasteiger partial charge in [-0.15, -0.1) is 0 Å². The van der Waals surface area contributed by atoms with Gasteiger partial charge in [0.2, 0.25) is 0 Å². The normalized spacial score (nSPS) is 10.8. The Bertz CT molecular complexity index is 878. The van der Waals surface area contributed by atoms with Gasteiger partial charge in [-0.3, -0.25) is 0 Å². The average molecular weight is 366 g/mol. The summed E-state index contributed by atoms with van der Waals surface area (Å²) in [4.78, 5) is 0. The van der Waals surface area contributed by atoms with Gasteiger partial charge in [0.05, 0.1) is 0 Å². The Balaban J connectivity index is 1.95. The SMILES string of the molecule is C=C(C)c1ccccc1OP(=O)(Oc1ccccc1)Oc1ccccc1. The maximum atomic E-state index is 13.4. The molecule has 0 bridgehead atoms. The van der Waals surface area contributed by atoms with E-state index in [-0.39, 0.29) is 0 Å². The quantitative estimate of drug-likeness (QED) is 0.456. The molecule has 0 aliphatic rings. The molecule has 0 saturated carbocycles. The summed E-state index contributed by atoms with van der Waals surface area (Å²) in [5, 5.41) is 0. The zero-order valence-electron chi connectivity index (χ0n) is 14.4. The lowest BCUT2D eigenvalue weighted by atomic mass is 10.1. The third-order valence-electron chi connectivity index (χ3n) is 3.48. The van der Waals surface area contributed by atoms with E-state index in [1.54, 1.807) is 60.7 Å². The molecule has 132 valence electrons. The van der Waals surface area contributed by atoms with Gasteiger partial charge in [0, 0.05) is 5.56 Å². The summed E-state index contributed by atoms with van der Waals surface area (Å²) in [6.45, 7) is 5.78. The van der Waals surface area contributed by atoms with Crippen LogP contribution in [0.1, 0.15) is 12.5 Å². The molecule has 26 heavy (non-hydrogen) atoms. The number of para-hydroxylation sites is 3. The minimum Gasteiger partial charge on any atom is -0.386 e. The zero-order valence-corrected chi connectivity index (χ0v) is 15.3. The molecule has 3 aromatic rings. The zero-order chi connectivity index (χ0) is 18.4. The molecule has 0 heterocycles. The van der Waals surface area contributed by atoms with Crippen molar-refractivity contribution in [2.75, 3.05) is 0 Å². The fraction of sp³-hybridized carbons (Fsp3) is 0.0476. The third-order valence-corrected chi connectivity index (χ3v) is 4.77. The van der Waals surface area contributed by atoms with Gasteiger partial charge in [-0.1, -0.05) is 61.2 Å². The standard InChI is InChI=1S/C21H19O4P/c1-17(2)20-15-9-10-16-21(20)25-26(22,23-18-11-5-3-6-12-18)24-19-13-7-4-8-14-19/h3-16H,1H2,2H3. The number of hydrogen-bond acceptors (Lipinski definition) is 4. The molecule has 0 fully saturated rings. The highest BCUT2D eigenvalue weighted by atomic mass is 31.2. The first-order valence-electron chi connectivity index (χ1n) is 8.09. The minimum absolute atomic E-state index is 0.384. The number of benzene rings is 3. The van der Waals surface area contributed by atoms with E-state index in [1.807, 2.05) is 31.2 Å². The van der Waals surface area contributed by atoms with Crippen molar-refractivity contribution in [3.05, 3.63) is 97.1 Å². The van der Waals surface area contributed by atoms with Crippen LogP contribution in [0.3, 0.4) is 0 Å². The molecule has 0 unspecified atom stereocenters. The van der Waals surface area contributed by atoms with E-state index in [0.717, 1.165) is 11.1 Å². The molecule has 0 aromatic heterocycles. The van der Waals surface area contributed by atoms with Crippen LogP contribution in [0.15, 0.2) is 91.5 Å². The summed E-state index contributed by atoms with van der Waals surface area (Å²) in [7, 11) is -3.99. The van der Waals surface area contributed by atoms with Crippen molar-refractivity contribution in [3.8, 4) is 17.2 Å². The summed E-state index contributed by atoms with van der Waals surface area (Å²) < 4.78 is 30.4. The Hall–Kier alpha value is -2.97. The van der Waals surface area contributed by atoms with E-state index >= 15 is 0 Å². The van der Waals surface area contributed by atoms with Gasteiger partial charge in [-0.05, 0) is 42.8 Å². The highest BCUT2D eigenvalue weighted by Gasteiger charge is 2.33. The van der Waals surface area contributed by atoms with Crippen molar-refractivity contribution < 1.29 is 18.1 Å². The Morgan fingerprint density at radius 3 is 1.69 bits per heavy atom. The van der Waals surface area contributed by atoms with Crippen LogP contribution in [0.25, 0.3) is 5.57 Å². The fourth-order valence-corrected chi connectivity index (χ4v) is 3.57. The summed E-state index contributed by atoms with van der Waals surface area (Å²) in [6.07, 6.45) is 0. The van der Waals surface area contributed by atoms with E-state index < -0.39 is 7.82 Å². The molecule has 0 aliphatic heterocycles. The van der Waals surface area contributed by atoms with Crippen LogP contribution in [-0.2, 0) is 4.57 Å². The molecule has 0 radical (unpaired) electrons. The molecule has 0 atom stereocenters. The van der Waals surface area contributed by atoms with Crippen LogP contribution in [0, 0.1) is 0 Å². The van der Waals surface area contributed by atoms with Crippen LogP contribution in [0.5, 0.6) is 17.2 Å². The predicted molar refractivity (Wildman–Crippen MR) is 104 cm³/mol. The van der Waals surface area contributed by atoms with Crippen LogP contribution in [0.2, 0.25) is 0 Å². The van der Waals surface area contributed by atoms with Gasteiger partial charge in [-0.2, -0.15) is 4.57 Å². The van der Waals surface area contributed by atoms with Gasteiger partial charge >= 0.3 is 7.82 Å². The largest absolute Gasteiger partial charge is 0.647 e. The number of hydrogen-bond donors (Lipinski definition) is 0. The van der Waals surface area contributed by atoms with E-state index in [9.17, 15) is 4.57 Å². The van der Waals surface area contributed by atoms with Gasteiger partial charge in [0.25, 0.3) is 0 Å². The van der Waals surface area contributed by atoms with Gasteiger partial charge in [0.15, 0.2) is 0 Å². The first kappa shape index (κ1) is 17.8. The molecule has 5 heteroatoms. The Morgan fingerprint density at radius 1 is 0.731 bits per heavy atom. The third kappa shape index (κ3) is 4.56. The number of allylic oxidation sites excluding steroid dienone is 1. The second-order valence-electron chi connectivity index (χ2n) is 5.62. The fourth-order valence-electron chi connectivity index (χ4n) is 2.30. The Kier molecular flexibility index (Phi) is 5.45. The Labute approximate surface area is 153 Å². The monoisotopic (exact) mass is 366 g/mol. The summed E-state index contributed by atoms with van der Waals surface area (Å²) in [6, 6.07) is 24.8. The molecule has 3 rings (SSSR count). The molecule has 0 aliphatic carbocycles. The average Bonchev–Trinajstić information content (AvgIpc) is 2.63. The van der Waals surface area contributed by atoms with Crippen LogP contribution < -0.4 is 13.6 Å². The molecule has 3 aromatic carbocycles. The first-order valence-corrected chi connectivity index (χ1v) is 9.56. The van der Waals surface area contributed by atoms with Crippen molar-refractivity contribution >= 4 is 13.4 Å². The molecule has 0 amide bonds. The summed E-state index contributed by atoms with van der Waals surface area (Å²) >= 11 is 0. The van der Waals surface area contributed by atoms with E-state index in [2.05, 4.69) is 6.58 Å². The number of phosphoric acid groups is 1. The van der Waals surface area contributed by atoms with Crippen molar-refractivity contribution in [1.82, 2.24) is 0 Å². The van der Waals surface area contributed by atoms with Gasteiger partial charge < -0.3 is 13.6 Å².